The summed E-state index contributed by atoms with van der Waals surface area (Å²) in [5, 5.41) is 2.91. The first kappa shape index (κ1) is 11.3. The lowest BCUT2D eigenvalue weighted by molar-refractivity contribution is 0.0175. The Morgan fingerprint density at radius 1 is 1.41 bits per heavy atom. The third-order valence-corrected chi connectivity index (χ3v) is 4.10. The number of piperazine rings is 1. The lowest BCUT2D eigenvalue weighted by Crippen LogP contribution is -2.53. The molecule has 0 spiro atoms. The van der Waals surface area contributed by atoms with E-state index in [2.05, 4.69) is 17.1 Å². The van der Waals surface area contributed by atoms with Gasteiger partial charge in [0.25, 0.3) is 0 Å². The van der Waals surface area contributed by atoms with E-state index >= 15 is 0 Å². The molecule has 3 rings (SSSR count). The van der Waals surface area contributed by atoms with Crippen LogP contribution in [-0.4, -0.2) is 66.8 Å². The number of nitrogens with one attached hydrogen (secondary N) is 1. The van der Waals surface area contributed by atoms with Crippen LogP contribution < -0.4 is 5.32 Å². The molecular formula is C12H21N3O2. The molecule has 3 aliphatic heterocycles. The van der Waals surface area contributed by atoms with Crippen LogP contribution in [0.1, 0.15) is 19.8 Å². The van der Waals surface area contributed by atoms with Crippen molar-refractivity contribution in [3.8, 4) is 0 Å². The van der Waals surface area contributed by atoms with Crippen molar-refractivity contribution in [1.29, 1.82) is 0 Å². The molecule has 0 aromatic rings. The first-order valence-electron chi connectivity index (χ1n) is 6.64. The van der Waals surface area contributed by atoms with Crippen molar-refractivity contribution in [1.82, 2.24) is 15.1 Å². The molecule has 5 heteroatoms. The fourth-order valence-corrected chi connectivity index (χ4v) is 3.14. The van der Waals surface area contributed by atoms with Gasteiger partial charge in [-0.2, -0.15) is 0 Å². The van der Waals surface area contributed by atoms with Gasteiger partial charge in [-0.25, -0.2) is 4.79 Å². The summed E-state index contributed by atoms with van der Waals surface area (Å²) in [6, 6.07) is 0.482. The average Bonchev–Trinajstić information content (AvgIpc) is 2.87. The van der Waals surface area contributed by atoms with Crippen LogP contribution >= 0.6 is 0 Å². The van der Waals surface area contributed by atoms with Gasteiger partial charge in [0.15, 0.2) is 0 Å². The van der Waals surface area contributed by atoms with Crippen molar-refractivity contribution >= 4 is 6.03 Å². The number of hydrogen-bond donors (Lipinski definition) is 1. The zero-order valence-corrected chi connectivity index (χ0v) is 10.4. The van der Waals surface area contributed by atoms with Crippen LogP contribution in [0.15, 0.2) is 0 Å². The molecule has 3 atom stereocenters. The van der Waals surface area contributed by atoms with E-state index in [0.29, 0.717) is 18.2 Å². The van der Waals surface area contributed by atoms with Gasteiger partial charge in [0.05, 0.1) is 18.2 Å². The molecule has 0 saturated carbocycles. The van der Waals surface area contributed by atoms with E-state index < -0.39 is 0 Å². The molecular weight excluding hydrogens is 218 g/mol. The third-order valence-electron chi connectivity index (χ3n) is 4.10. The molecule has 1 N–H and O–H groups in total. The molecule has 0 aliphatic carbocycles. The molecule has 3 heterocycles. The quantitative estimate of drug-likeness (QED) is 0.752. The van der Waals surface area contributed by atoms with E-state index in [9.17, 15) is 4.79 Å². The molecule has 3 saturated heterocycles. The van der Waals surface area contributed by atoms with E-state index in [1.54, 1.807) is 0 Å². The van der Waals surface area contributed by atoms with E-state index in [1.165, 1.54) is 12.8 Å². The number of ether oxygens (including phenoxy) is 1. The maximum absolute atomic E-state index is 11.5. The van der Waals surface area contributed by atoms with Crippen molar-refractivity contribution in [2.45, 2.75) is 38.0 Å². The SMILES string of the molecule is CC1CCC(CN2CCN3C(=O)NCC3C2)O1. The number of urea groups is 1. The van der Waals surface area contributed by atoms with Crippen LogP contribution in [0.4, 0.5) is 4.79 Å². The maximum atomic E-state index is 11.5. The van der Waals surface area contributed by atoms with Crippen molar-refractivity contribution in [3.05, 3.63) is 0 Å². The number of amides is 2. The number of carbonyl (C=O) groups excluding carboxylic acids is 1. The minimum absolute atomic E-state index is 0.111. The molecule has 0 aromatic heterocycles. The molecule has 0 aromatic carbocycles. The summed E-state index contributed by atoms with van der Waals surface area (Å²) in [5.41, 5.74) is 0. The smallest absolute Gasteiger partial charge is 0.317 e. The Balaban J connectivity index is 1.51. The van der Waals surface area contributed by atoms with Gasteiger partial charge in [-0.1, -0.05) is 0 Å². The van der Waals surface area contributed by atoms with E-state index in [4.69, 9.17) is 4.74 Å². The number of nitrogens with zero attached hydrogens (tertiary/aromatic N) is 2. The molecule has 0 bridgehead atoms. The highest BCUT2D eigenvalue weighted by Crippen LogP contribution is 2.21. The average molecular weight is 239 g/mol. The third kappa shape index (κ3) is 2.26. The summed E-state index contributed by atoms with van der Waals surface area (Å²) in [6.07, 6.45) is 3.20. The van der Waals surface area contributed by atoms with Crippen LogP contribution in [0.3, 0.4) is 0 Å². The summed E-state index contributed by atoms with van der Waals surface area (Å²) >= 11 is 0. The van der Waals surface area contributed by atoms with Gasteiger partial charge in [0.2, 0.25) is 0 Å². The highest BCUT2D eigenvalue weighted by molar-refractivity contribution is 5.77. The predicted molar refractivity (Wildman–Crippen MR) is 63.9 cm³/mol. The number of fused-ring (bicyclic) bond motifs is 1. The van der Waals surface area contributed by atoms with E-state index in [-0.39, 0.29) is 6.03 Å². The van der Waals surface area contributed by atoms with Gasteiger partial charge in [-0.15, -0.1) is 0 Å². The van der Waals surface area contributed by atoms with Gasteiger partial charge in [-0.3, -0.25) is 4.90 Å². The minimum atomic E-state index is 0.111. The molecule has 17 heavy (non-hydrogen) atoms. The summed E-state index contributed by atoms with van der Waals surface area (Å²) in [7, 11) is 0. The standard InChI is InChI=1S/C12H21N3O2/c1-9-2-3-11(17-9)8-14-4-5-15-10(7-14)6-13-12(15)16/h9-11H,2-8H2,1H3,(H,13,16). The van der Waals surface area contributed by atoms with Crippen molar-refractivity contribution < 1.29 is 9.53 Å². The van der Waals surface area contributed by atoms with E-state index in [1.807, 2.05) is 4.90 Å². The van der Waals surface area contributed by atoms with Crippen LogP contribution in [0.25, 0.3) is 0 Å². The second kappa shape index (κ2) is 4.46. The molecule has 5 nitrogen and oxygen atoms in total. The Kier molecular flexibility index (Phi) is 2.96. The van der Waals surface area contributed by atoms with Crippen LogP contribution in [0.2, 0.25) is 0 Å². The summed E-state index contributed by atoms with van der Waals surface area (Å²) in [5.74, 6) is 0. The van der Waals surface area contributed by atoms with Gasteiger partial charge in [0.1, 0.15) is 0 Å². The first-order chi connectivity index (χ1) is 8.22. The van der Waals surface area contributed by atoms with E-state index in [0.717, 1.165) is 32.7 Å². The topological polar surface area (TPSA) is 44.8 Å². The van der Waals surface area contributed by atoms with Crippen LogP contribution in [-0.2, 0) is 4.74 Å². The zero-order valence-electron chi connectivity index (χ0n) is 10.4. The number of rotatable bonds is 2. The largest absolute Gasteiger partial charge is 0.374 e. The molecule has 3 aliphatic rings. The Morgan fingerprint density at radius 2 is 2.29 bits per heavy atom. The normalized spacial score (nSPS) is 38.3. The van der Waals surface area contributed by atoms with Crippen LogP contribution in [0.5, 0.6) is 0 Å². The Labute approximate surface area is 102 Å². The van der Waals surface area contributed by atoms with Crippen molar-refractivity contribution in [3.63, 3.8) is 0 Å². The lowest BCUT2D eigenvalue weighted by Gasteiger charge is -2.37. The molecule has 3 fully saturated rings. The van der Waals surface area contributed by atoms with Gasteiger partial charge in [-0.05, 0) is 19.8 Å². The number of hydrogen-bond acceptors (Lipinski definition) is 3. The van der Waals surface area contributed by atoms with Crippen molar-refractivity contribution in [2.75, 3.05) is 32.7 Å². The number of carbonyl (C=O) groups is 1. The Morgan fingerprint density at radius 3 is 3.06 bits per heavy atom. The fraction of sp³-hybridized carbons (Fsp3) is 0.917. The van der Waals surface area contributed by atoms with Gasteiger partial charge >= 0.3 is 6.03 Å². The molecule has 2 amide bonds. The zero-order chi connectivity index (χ0) is 11.8. The highest BCUT2D eigenvalue weighted by Gasteiger charge is 2.36. The summed E-state index contributed by atoms with van der Waals surface area (Å²) in [6.45, 7) is 6.82. The van der Waals surface area contributed by atoms with Gasteiger partial charge < -0.3 is 15.0 Å². The molecule has 0 radical (unpaired) electrons. The minimum Gasteiger partial charge on any atom is -0.374 e. The molecule has 3 unspecified atom stereocenters. The monoisotopic (exact) mass is 239 g/mol. The highest BCUT2D eigenvalue weighted by atomic mass is 16.5. The van der Waals surface area contributed by atoms with Crippen molar-refractivity contribution in [2.24, 2.45) is 0 Å². The first-order valence-corrected chi connectivity index (χ1v) is 6.64. The Bertz CT molecular complexity index is 310. The fourth-order valence-electron chi connectivity index (χ4n) is 3.14. The summed E-state index contributed by atoms with van der Waals surface area (Å²) in [4.78, 5) is 15.9. The second-order valence-electron chi connectivity index (χ2n) is 5.44. The predicted octanol–water partition coefficient (Wildman–Crippen LogP) is 0.263. The second-order valence-corrected chi connectivity index (χ2v) is 5.44. The summed E-state index contributed by atoms with van der Waals surface area (Å²) < 4.78 is 5.86. The maximum Gasteiger partial charge on any atom is 0.317 e. The lowest BCUT2D eigenvalue weighted by atomic mass is 10.1. The Hall–Kier alpha value is -0.810. The van der Waals surface area contributed by atoms with Gasteiger partial charge in [0, 0.05) is 32.7 Å². The van der Waals surface area contributed by atoms with Crippen LogP contribution in [0, 0.1) is 0 Å². The molecule has 96 valence electrons.